The van der Waals surface area contributed by atoms with Crippen LogP contribution in [0.1, 0.15) is 19.4 Å². The van der Waals surface area contributed by atoms with Gasteiger partial charge < -0.3 is 9.47 Å². The van der Waals surface area contributed by atoms with E-state index in [1.165, 1.54) is 7.11 Å². The summed E-state index contributed by atoms with van der Waals surface area (Å²) in [5, 5.41) is 0. The largest absolute Gasteiger partial charge is 0.491 e. The number of rotatable bonds is 6. The molecule has 1 N–H and O–H groups in total. The van der Waals surface area contributed by atoms with Crippen molar-refractivity contribution in [3.8, 4) is 5.75 Å². The summed E-state index contributed by atoms with van der Waals surface area (Å²) in [7, 11) is 1.36. The zero-order chi connectivity index (χ0) is 13.5. The molecule has 1 atom stereocenters. The van der Waals surface area contributed by atoms with Gasteiger partial charge in [-0.2, -0.15) is 0 Å². The van der Waals surface area contributed by atoms with Gasteiger partial charge in [-0.15, -0.1) is 0 Å². The Morgan fingerprint density at radius 1 is 1.33 bits per heavy atom. The highest BCUT2D eigenvalue weighted by Crippen LogP contribution is 2.15. The number of carbonyl (C=O) groups excluding carboxylic acids is 1. The lowest BCUT2D eigenvalue weighted by Gasteiger charge is -2.14. The molecule has 1 rings (SSSR count). The van der Waals surface area contributed by atoms with Gasteiger partial charge in [-0.3, -0.25) is 9.52 Å². The number of carbonyl (C=O) groups is 1. The van der Waals surface area contributed by atoms with Crippen LogP contribution >= 0.6 is 12.8 Å². The van der Waals surface area contributed by atoms with Gasteiger partial charge in [0, 0.05) is 0 Å². The topological polar surface area (TPSA) is 47.6 Å². The zero-order valence-corrected chi connectivity index (χ0v) is 11.7. The third-order valence-electron chi connectivity index (χ3n) is 2.38. The second kappa shape index (κ2) is 7.28. The van der Waals surface area contributed by atoms with Crippen molar-refractivity contribution in [3.05, 3.63) is 29.8 Å². The maximum absolute atomic E-state index is 11.4. The summed E-state index contributed by atoms with van der Waals surface area (Å²) in [5.74, 6) is 0.495. The Kier molecular flexibility index (Phi) is 6.01. The smallest absolute Gasteiger partial charge is 0.324 e. The number of esters is 1. The molecule has 0 bridgehead atoms. The molecule has 100 valence electrons. The second-order valence-corrected chi connectivity index (χ2v) is 4.48. The third kappa shape index (κ3) is 4.58. The molecule has 5 heteroatoms. The van der Waals surface area contributed by atoms with Crippen LogP contribution in [0.5, 0.6) is 5.75 Å². The minimum absolute atomic E-state index is 0.151. The van der Waals surface area contributed by atoms with Gasteiger partial charge in [-0.1, -0.05) is 24.9 Å². The van der Waals surface area contributed by atoms with Crippen molar-refractivity contribution < 1.29 is 14.3 Å². The zero-order valence-electron chi connectivity index (χ0n) is 10.8. The number of ether oxygens (including phenoxy) is 2. The molecule has 0 unspecified atom stereocenters. The van der Waals surface area contributed by atoms with Gasteiger partial charge in [-0.05, 0) is 38.0 Å². The molecule has 0 aliphatic rings. The predicted molar refractivity (Wildman–Crippen MR) is 73.8 cm³/mol. The summed E-state index contributed by atoms with van der Waals surface area (Å²) < 4.78 is 12.9. The Bertz CT molecular complexity index is 378. The van der Waals surface area contributed by atoms with Crippen LogP contribution in [0, 0.1) is 0 Å². The molecule has 0 fully saturated rings. The number of hydrogen-bond acceptors (Lipinski definition) is 5. The first-order chi connectivity index (χ1) is 8.56. The number of nitrogens with one attached hydrogen (secondary N) is 1. The van der Waals surface area contributed by atoms with E-state index >= 15 is 0 Å². The van der Waals surface area contributed by atoms with E-state index in [0.29, 0.717) is 6.42 Å². The normalized spacial score (nSPS) is 12.3. The van der Waals surface area contributed by atoms with E-state index in [-0.39, 0.29) is 12.1 Å². The molecule has 0 saturated heterocycles. The quantitative estimate of drug-likeness (QED) is 0.612. The molecule has 0 saturated carbocycles. The Balaban J connectivity index is 2.64. The van der Waals surface area contributed by atoms with Crippen molar-refractivity contribution >= 4 is 18.8 Å². The van der Waals surface area contributed by atoms with Crippen LogP contribution in [-0.4, -0.2) is 25.2 Å². The molecule has 0 aliphatic heterocycles. The fourth-order valence-electron chi connectivity index (χ4n) is 1.54. The maximum Gasteiger partial charge on any atom is 0.324 e. The van der Waals surface area contributed by atoms with Crippen molar-refractivity contribution in [2.75, 3.05) is 7.11 Å². The SMILES string of the molecule is COC(=O)[C@H](Cc1ccc(OC(C)C)cc1)NS. The Hall–Kier alpha value is -1.20. The van der Waals surface area contributed by atoms with Gasteiger partial charge in [0.15, 0.2) is 0 Å². The maximum atomic E-state index is 11.4. The lowest BCUT2D eigenvalue weighted by molar-refractivity contribution is -0.142. The first-order valence-electron chi connectivity index (χ1n) is 5.80. The second-order valence-electron chi connectivity index (χ2n) is 4.22. The summed E-state index contributed by atoms with van der Waals surface area (Å²) >= 11 is 3.93. The lowest BCUT2D eigenvalue weighted by atomic mass is 10.1. The average molecular weight is 269 g/mol. The molecular weight excluding hydrogens is 250 g/mol. The molecule has 0 aromatic heterocycles. The third-order valence-corrected chi connectivity index (χ3v) is 2.69. The van der Waals surface area contributed by atoms with Crippen molar-refractivity contribution in [2.24, 2.45) is 0 Å². The van der Waals surface area contributed by atoms with Crippen LogP contribution < -0.4 is 9.46 Å². The minimum Gasteiger partial charge on any atom is -0.491 e. The van der Waals surface area contributed by atoms with Crippen LogP contribution in [0.25, 0.3) is 0 Å². The fraction of sp³-hybridized carbons (Fsp3) is 0.462. The standard InChI is InChI=1S/C13H19NO3S/c1-9(2)17-11-6-4-10(5-7-11)8-12(14-18)13(15)16-3/h4-7,9,12,14,18H,8H2,1-3H3/t12-/m0/s1. The van der Waals surface area contributed by atoms with E-state index in [2.05, 4.69) is 22.3 Å². The van der Waals surface area contributed by atoms with E-state index in [1.807, 2.05) is 38.1 Å². The number of hydrogen-bond donors (Lipinski definition) is 2. The highest BCUT2D eigenvalue weighted by molar-refractivity contribution is 7.78. The van der Waals surface area contributed by atoms with Gasteiger partial charge >= 0.3 is 5.97 Å². The van der Waals surface area contributed by atoms with Crippen molar-refractivity contribution in [2.45, 2.75) is 32.4 Å². The summed E-state index contributed by atoms with van der Waals surface area (Å²) in [6, 6.07) is 7.19. The van der Waals surface area contributed by atoms with E-state index in [0.717, 1.165) is 11.3 Å². The van der Waals surface area contributed by atoms with Gasteiger partial charge in [0.05, 0.1) is 13.2 Å². The lowest BCUT2D eigenvalue weighted by Crippen LogP contribution is -2.34. The molecule has 0 amide bonds. The summed E-state index contributed by atoms with van der Waals surface area (Å²) in [4.78, 5) is 11.4. The van der Waals surface area contributed by atoms with Crippen LogP contribution in [0.2, 0.25) is 0 Å². The van der Waals surface area contributed by atoms with Crippen molar-refractivity contribution in [3.63, 3.8) is 0 Å². The Labute approximate surface area is 113 Å². The summed E-state index contributed by atoms with van der Waals surface area (Å²) in [5.41, 5.74) is 1.02. The van der Waals surface area contributed by atoms with Crippen molar-refractivity contribution in [1.82, 2.24) is 4.72 Å². The first-order valence-corrected chi connectivity index (χ1v) is 6.24. The van der Waals surface area contributed by atoms with Crippen LogP contribution in [-0.2, 0) is 16.0 Å². The van der Waals surface area contributed by atoms with Gasteiger partial charge in [0.2, 0.25) is 0 Å². The van der Waals surface area contributed by atoms with Crippen molar-refractivity contribution in [1.29, 1.82) is 0 Å². The molecule has 0 radical (unpaired) electrons. The predicted octanol–water partition coefficient (Wildman–Crippen LogP) is 1.99. The average Bonchev–Trinajstić information content (AvgIpc) is 2.36. The Morgan fingerprint density at radius 2 is 1.94 bits per heavy atom. The molecule has 1 aromatic rings. The number of methoxy groups -OCH3 is 1. The fourth-order valence-corrected chi connectivity index (χ4v) is 1.73. The highest BCUT2D eigenvalue weighted by Gasteiger charge is 2.17. The Morgan fingerprint density at radius 3 is 2.39 bits per heavy atom. The van der Waals surface area contributed by atoms with E-state index in [9.17, 15) is 4.79 Å². The first kappa shape index (κ1) is 14.9. The van der Waals surface area contributed by atoms with E-state index in [4.69, 9.17) is 4.74 Å². The van der Waals surface area contributed by atoms with Crippen LogP contribution in [0.4, 0.5) is 0 Å². The van der Waals surface area contributed by atoms with E-state index < -0.39 is 6.04 Å². The van der Waals surface area contributed by atoms with Crippen LogP contribution in [0.3, 0.4) is 0 Å². The molecular formula is C13H19NO3S. The minimum atomic E-state index is -0.449. The molecule has 0 spiro atoms. The van der Waals surface area contributed by atoms with E-state index in [1.54, 1.807) is 0 Å². The van der Waals surface area contributed by atoms with Crippen LogP contribution in [0.15, 0.2) is 24.3 Å². The van der Waals surface area contributed by atoms with Gasteiger partial charge in [-0.25, -0.2) is 0 Å². The van der Waals surface area contributed by atoms with Gasteiger partial charge in [0.1, 0.15) is 11.8 Å². The summed E-state index contributed by atoms with van der Waals surface area (Å²) in [6.07, 6.45) is 0.677. The molecule has 0 heterocycles. The highest BCUT2D eigenvalue weighted by atomic mass is 32.1. The summed E-state index contributed by atoms with van der Waals surface area (Å²) in [6.45, 7) is 3.96. The molecule has 1 aromatic carbocycles. The van der Waals surface area contributed by atoms with Gasteiger partial charge in [0.25, 0.3) is 0 Å². The molecule has 4 nitrogen and oxygen atoms in total. The monoisotopic (exact) mass is 269 g/mol. The number of thiol groups is 1. The number of benzene rings is 1. The molecule has 18 heavy (non-hydrogen) atoms. The molecule has 0 aliphatic carbocycles.